The highest BCUT2D eigenvalue weighted by Crippen LogP contribution is 2.32. The van der Waals surface area contributed by atoms with E-state index in [1.165, 1.54) is 0 Å². The van der Waals surface area contributed by atoms with Crippen LogP contribution in [0.25, 0.3) is 0 Å². The number of hydrogen-bond donors (Lipinski definition) is 1. The first-order chi connectivity index (χ1) is 9.60. The van der Waals surface area contributed by atoms with Gasteiger partial charge in [-0.2, -0.15) is 0 Å². The summed E-state index contributed by atoms with van der Waals surface area (Å²) in [4.78, 5) is 0. The van der Waals surface area contributed by atoms with Gasteiger partial charge in [0.05, 0.1) is 0 Å². The van der Waals surface area contributed by atoms with Crippen molar-refractivity contribution in [2.24, 2.45) is 5.73 Å². The van der Waals surface area contributed by atoms with E-state index in [4.69, 9.17) is 33.7 Å². The summed E-state index contributed by atoms with van der Waals surface area (Å²) in [7, 11) is 0. The highest BCUT2D eigenvalue weighted by molar-refractivity contribution is 6.31. The van der Waals surface area contributed by atoms with E-state index in [-0.39, 0.29) is 6.04 Å². The molecule has 0 amide bonds. The van der Waals surface area contributed by atoms with E-state index in [9.17, 15) is 0 Å². The highest BCUT2D eigenvalue weighted by Gasteiger charge is 2.12. The van der Waals surface area contributed by atoms with Gasteiger partial charge in [0.2, 0.25) is 0 Å². The molecule has 2 aromatic carbocycles. The maximum absolute atomic E-state index is 6.27. The Hall–Kier alpha value is -1.22. The number of hydrogen-bond acceptors (Lipinski definition) is 2. The Morgan fingerprint density at radius 3 is 2.60 bits per heavy atom. The molecule has 1 unspecified atom stereocenters. The van der Waals surface area contributed by atoms with Gasteiger partial charge in [-0.25, -0.2) is 0 Å². The summed E-state index contributed by atoms with van der Waals surface area (Å²) in [5, 5.41) is 1.31. The lowest BCUT2D eigenvalue weighted by atomic mass is 10.0. The molecule has 4 heteroatoms. The summed E-state index contributed by atoms with van der Waals surface area (Å²) in [6.07, 6.45) is 1.58. The summed E-state index contributed by atoms with van der Waals surface area (Å²) in [6.45, 7) is 2.05. The third kappa shape index (κ3) is 3.89. The highest BCUT2D eigenvalue weighted by atomic mass is 35.5. The zero-order valence-corrected chi connectivity index (χ0v) is 12.8. The van der Waals surface area contributed by atoms with E-state index >= 15 is 0 Å². The summed E-state index contributed by atoms with van der Waals surface area (Å²) in [5.74, 6) is 1.41. The molecule has 0 saturated carbocycles. The van der Waals surface area contributed by atoms with E-state index in [0.717, 1.165) is 17.7 Å². The molecular formula is C16H17Cl2NO. The van der Waals surface area contributed by atoms with Gasteiger partial charge in [-0.05, 0) is 43.2 Å². The summed E-state index contributed by atoms with van der Waals surface area (Å²) in [6, 6.07) is 13.0. The van der Waals surface area contributed by atoms with Crippen LogP contribution in [0.5, 0.6) is 11.5 Å². The van der Waals surface area contributed by atoms with Crippen LogP contribution in [0.4, 0.5) is 0 Å². The third-order valence-corrected chi connectivity index (χ3v) is 3.68. The molecule has 106 valence electrons. The molecule has 2 N–H and O–H groups in total. The molecule has 0 saturated heterocycles. The molecule has 0 aliphatic carbocycles. The minimum atomic E-state index is 0.0663. The van der Waals surface area contributed by atoms with Gasteiger partial charge in [0.15, 0.2) is 0 Å². The topological polar surface area (TPSA) is 35.2 Å². The van der Waals surface area contributed by atoms with Crippen LogP contribution in [0.1, 0.15) is 18.9 Å². The number of nitrogens with two attached hydrogens (primary N) is 1. The maximum atomic E-state index is 6.27. The van der Waals surface area contributed by atoms with Crippen molar-refractivity contribution in [3.05, 3.63) is 58.1 Å². The second-order valence-electron chi connectivity index (χ2n) is 4.65. The number of halogens is 2. The predicted octanol–water partition coefficient (Wildman–Crippen LogP) is 5.07. The Balaban J connectivity index is 2.29. The SMILES string of the molecule is CCC(N)Cc1c(Cl)cccc1Oc1cccc(Cl)c1. The first kappa shape index (κ1) is 15.2. The van der Waals surface area contributed by atoms with Crippen molar-refractivity contribution >= 4 is 23.2 Å². The number of benzene rings is 2. The zero-order valence-electron chi connectivity index (χ0n) is 11.3. The van der Waals surface area contributed by atoms with Gasteiger partial charge >= 0.3 is 0 Å². The zero-order chi connectivity index (χ0) is 14.5. The lowest BCUT2D eigenvalue weighted by Crippen LogP contribution is -2.21. The van der Waals surface area contributed by atoms with Crippen LogP contribution in [0.15, 0.2) is 42.5 Å². The fraction of sp³-hybridized carbons (Fsp3) is 0.250. The molecule has 0 aliphatic rings. The molecule has 1 atom stereocenters. The minimum Gasteiger partial charge on any atom is -0.457 e. The first-order valence-electron chi connectivity index (χ1n) is 6.56. The van der Waals surface area contributed by atoms with E-state index in [1.807, 2.05) is 30.3 Å². The van der Waals surface area contributed by atoms with Gasteiger partial charge < -0.3 is 10.5 Å². The monoisotopic (exact) mass is 309 g/mol. The molecule has 0 aliphatic heterocycles. The largest absolute Gasteiger partial charge is 0.457 e. The van der Waals surface area contributed by atoms with E-state index < -0.39 is 0 Å². The number of rotatable bonds is 5. The molecule has 0 spiro atoms. The second kappa shape index (κ2) is 6.98. The summed E-state index contributed by atoms with van der Waals surface area (Å²) in [5.41, 5.74) is 6.96. The normalized spacial score (nSPS) is 12.2. The fourth-order valence-corrected chi connectivity index (χ4v) is 2.32. The van der Waals surface area contributed by atoms with Crippen LogP contribution >= 0.6 is 23.2 Å². The average Bonchev–Trinajstić information content (AvgIpc) is 2.42. The molecule has 0 radical (unpaired) electrons. The second-order valence-corrected chi connectivity index (χ2v) is 5.49. The standard InChI is InChI=1S/C16H17Cl2NO/c1-2-12(19)10-14-15(18)7-4-8-16(14)20-13-6-3-5-11(17)9-13/h3-9,12H,2,10,19H2,1H3. The third-order valence-electron chi connectivity index (χ3n) is 3.09. The van der Waals surface area contributed by atoms with Gasteiger partial charge in [-0.1, -0.05) is 42.3 Å². The summed E-state index contributed by atoms with van der Waals surface area (Å²) < 4.78 is 5.89. The lowest BCUT2D eigenvalue weighted by molar-refractivity contribution is 0.472. The van der Waals surface area contributed by atoms with Crippen LogP contribution in [-0.2, 0) is 6.42 Å². The molecular weight excluding hydrogens is 293 g/mol. The van der Waals surface area contributed by atoms with Gasteiger partial charge in [-0.15, -0.1) is 0 Å². The molecule has 2 aromatic rings. The fourth-order valence-electron chi connectivity index (χ4n) is 1.90. The van der Waals surface area contributed by atoms with Gasteiger partial charge in [0, 0.05) is 21.7 Å². The van der Waals surface area contributed by atoms with Crippen LogP contribution in [-0.4, -0.2) is 6.04 Å². The van der Waals surface area contributed by atoms with Crippen LogP contribution in [0.3, 0.4) is 0 Å². The van der Waals surface area contributed by atoms with E-state index in [2.05, 4.69) is 6.92 Å². The van der Waals surface area contributed by atoms with Gasteiger partial charge in [0.1, 0.15) is 11.5 Å². The van der Waals surface area contributed by atoms with Crippen molar-refractivity contribution in [3.63, 3.8) is 0 Å². The minimum absolute atomic E-state index is 0.0663. The number of ether oxygens (including phenoxy) is 1. The molecule has 2 rings (SSSR count). The Bertz CT molecular complexity index is 586. The van der Waals surface area contributed by atoms with Crippen molar-refractivity contribution in [2.45, 2.75) is 25.8 Å². The van der Waals surface area contributed by atoms with Crippen LogP contribution in [0.2, 0.25) is 10.0 Å². The quantitative estimate of drug-likeness (QED) is 0.837. The predicted molar refractivity (Wildman–Crippen MR) is 84.9 cm³/mol. The van der Waals surface area contributed by atoms with Crippen LogP contribution < -0.4 is 10.5 Å². The molecule has 0 fully saturated rings. The Kier molecular flexibility index (Phi) is 5.30. The van der Waals surface area contributed by atoms with Crippen molar-refractivity contribution in [3.8, 4) is 11.5 Å². The first-order valence-corrected chi connectivity index (χ1v) is 7.32. The van der Waals surface area contributed by atoms with Crippen molar-refractivity contribution in [1.82, 2.24) is 0 Å². The Labute approximate surface area is 129 Å². The van der Waals surface area contributed by atoms with Crippen LogP contribution in [0, 0.1) is 0 Å². The van der Waals surface area contributed by atoms with Gasteiger partial charge in [-0.3, -0.25) is 0 Å². The molecule has 2 nitrogen and oxygen atoms in total. The smallest absolute Gasteiger partial charge is 0.132 e. The van der Waals surface area contributed by atoms with Gasteiger partial charge in [0.25, 0.3) is 0 Å². The van der Waals surface area contributed by atoms with Crippen molar-refractivity contribution in [1.29, 1.82) is 0 Å². The average molecular weight is 310 g/mol. The van der Waals surface area contributed by atoms with Crippen molar-refractivity contribution in [2.75, 3.05) is 0 Å². The van der Waals surface area contributed by atoms with E-state index in [1.54, 1.807) is 12.1 Å². The molecule has 0 bridgehead atoms. The molecule has 0 heterocycles. The lowest BCUT2D eigenvalue weighted by Gasteiger charge is -2.15. The Morgan fingerprint density at radius 1 is 1.15 bits per heavy atom. The maximum Gasteiger partial charge on any atom is 0.132 e. The van der Waals surface area contributed by atoms with Crippen molar-refractivity contribution < 1.29 is 4.74 Å². The summed E-state index contributed by atoms with van der Waals surface area (Å²) >= 11 is 12.2. The van der Waals surface area contributed by atoms with E-state index in [0.29, 0.717) is 22.2 Å². The molecule has 20 heavy (non-hydrogen) atoms. The Morgan fingerprint density at radius 2 is 1.90 bits per heavy atom. The molecule has 0 aromatic heterocycles.